The van der Waals surface area contributed by atoms with E-state index in [0.717, 1.165) is 25.9 Å². The van der Waals surface area contributed by atoms with Crippen LogP contribution in [0.25, 0.3) is 0 Å². The number of non-ortho nitro benzene ring substituents is 1. The minimum absolute atomic E-state index is 0. The molecular weight excluding hydrogens is 634 g/mol. The Morgan fingerprint density at radius 2 is 1.58 bits per heavy atom. The maximum absolute atomic E-state index is 13.2. The SMILES string of the molecule is COC(=O)C1=C(C)NC(C)C(CCOCCN2CCC(c3ccccc3)(c3ccccc3)CC2)(C(=O)O)C1c1cccc([N+](=O)[O-])c1.Cl. The van der Waals surface area contributed by atoms with Gasteiger partial charge in [0.15, 0.2) is 0 Å². The lowest BCUT2D eigenvalue weighted by molar-refractivity contribution is -0.384. The molecule has 256 valence electrons. The third-order valence-corrected chi connectivity index (χ3v) is 10.2. The first-order valence-corrected chi connectivity index (χ1v) is 16.1. The predicted octanol–water partition coefficient (Wildman–Crippen LogP) is 6.10. The predicted molar refractivity (Wildman–Crippen MR) is 185 cm³/mol. The van der Waals surface area contributed by atoms with Gasteiger partial charge >= 0.3 is 11.9 Å². The first-order chi connectivity index (χ1) is 22.6. The maximum Gasteiger partial charge on any atom is 0.336 e. The molecule has 0 aromatic heterocycles. The van der Waals surface area contributed by atoms with Crippen molar-refractivity contribution in [2.75, 3.05) is 40.0 Å². The quantitative estimate of drug-likeness (QED) is 0.101. The molecule has 1 fully saturated rings. The van der Waals surface area contributed by atoms with Gasteiger partial charge in [-0.25, -0.2) is 4.79 Å². The summed E-state index contributed by atoms with van der Waals surface area (Å²) in [6, 6.07) is 26.6. The number of hydrogen-bond donors (Lipinski definition) is 2. The van der Waals surface area contributed by atoms with E-state index < -0.39 is 34.2 Å². The van der Waals surface area contributed by atoms with E-state index in [1.54, 1.807) is 19.9 Å². The molecule has 0 spiro atoms. The molecule has 3 aromatic carbocycles. The number of nitrogens with zero attached hydrogens (tertiary/aromatic N) is 2. The molecule has 0 saturated carbocycles. The first kappa shape index (κ1) is 36.6. The Balaban J connectivity index is 0.00000520. The van der Waals surface area contributed by atoms with Crippen LogP contribution in [0.5, 0.6) is 0 Å². The number of aliphatic carboxylic acids is 1. The van der Waals surface area contributed by atoms with Crippen LogP contribution < -0.4 is 5.32 Å². The van der Waals surface area contributed by atoms with Gasteiger partial charge in [0.05, 0.1) is 24.2 Å². The van der Waals surface area contributed by atoms with Gasteiger partial charge in [0.25, 0.3) is 5.69 Å². The van der Waals surface area contributed by atoms with E-state index in [0.29, 0.717) is 24.4 Å². The molecule has 2 N–H and O–H groups in total. The minimum atomic E-state index is -1.55. The average molecular weight is 678 g/mol. The van der Waals surface area contributed by atoms with Gasteiger partial charge in [-0.05, 0) is 62.9 Å². The summed E-state index contributed by atoms with van der Waals surface area (Å²) in [5.41, 5.74) is 1.85. The van der Waals surface area contributed by atoms with Crippen LogP contribution in [-0.2, 0) is 24.5 Å². The lowest BCUT2D eigenvalue weighted by Gasteiger charge is -2.47. The molecule has 0 aliphatic carbocycles. The number of carbonyl (C=O) groups is 2. The number of esters is 1. The first-order valence-electron chi connectivity index (χ1n) is 16.1. The van der Waals surface area contributed by atoms with Gasteiger partial charge in [0.1, 0.15) is 5.41 Å². The molecule has 10 nitrogen and oxygen atoms in total. The van der Waals surface area contributed by atoms with Crippen molar-refractivity contribution in [3.8, 4) is 0 Å². The van der Waals surface area contributed by atoms with Crippen molar-refractivity contribution in [3.63, 3.8) is 0 Å². The molecule has 2 heterocycles. The maximum atomic E-state index is 13.2. The van der Waals surface area contributed by atoms with Crippen LogP contribution in [0, 0.1) is 15.5 Å². The number of halogens is 1. The highest BCUT2D eigenvalue weighted by Gasteiger charge is 2.56. The van der Waals surface area contributed by atoms with Crippen molar-refractivity contribution in [3.05, 3.63) is 123 Å². The molecule has 0 amide bonds. The number of benzene rings is 3. The van der Waals surface area contributed by atoms with Crippen molar-refractivity contribution >= 4 is 30.0 Å². The van der Waals surface area contributed by atoms with Gasteiger partial charge in [-0.1, -0.05) is 72.8 Å². The van der Waals surface area contributed by atoms with Gasteiger partial charge in [0, 0.05) is 48.4 Å². The van der Waals surface area contributed by atoms with Gasteiger partial charge in [-0.2, -0.15) is 0 Å². The molecule has 3 unspecified atom stereocenters. The number of methoxy groups -OCH3 is 1. The molecule has 2 aliphatic rings. The standard InChI is InChI=1S/C37H43N3O7.ClH/c1-26-32(34(41)46-3)33(28-11-10-16-31(25-28)40(44)45)37(35(42)43,27(2)38-26)19-23-47-24-22-39-20-17-36(18-21-39,29-12-6-4-7-13-29)30-14-8-5-9-15-30;/h4-16,25,27,33,38H,17-24H2,1-3H3,(H,42,43);1H. The minimum Gasteiger partial charge on any atom is -0.481 e. The molecule has 5 rings (SSSR count). The zero-order valence-electron chi connectivity index (χ0n) is 27.6. The van der Waals surface area contributed by atoms with E-state index in [1.807, 2.05) is 12.1 Å². The Morgan fingerprint density at radius 1 is 0.979 bits per heavy atom. The second kappa shape index (κ2) is 15.8. The molecule has 3 aromatic rings. The van der Waals surface area contributed by atoms with Crippen LogP contribution in [-0.4, -0.2) is 72.9 Å². The summed E-state index contributed by atoms with van der Waals surface area (Å²) in [6.45, 7) is 6.50. The molecule has 11 heteroatoms. The van der Waals surface area contributed by atoms with E-state index in [-0.39, 0.29) is 42.1 Å². The lowest BCUT2D eigenvalue weighted by Crippen LogP contribution is -2.57. The number of allylic oxidation sites excluding steroid dienone is 1. The van der Waals surface area contributed by atoms with E-state index in [1.165, 1.54) is 36.4 Å². The summed E-state index contributed by atoms with van der Waals surface area (Å²) in [6.07, 6.45) is 2.02. The highest BCUT2D eigenvalue weighted by Crippen LogP contribution is 2.51. The Morgan fingerprint density at radius 3 is 2.12 bits per heavy atom. The summed E-state index contributed by atoms with van der Waals surface area (Å²) in [4.78, 5) is 39.8. The number of carbonyl (C=O) groups excluding carboxylic acids is 1. The van der Waals surface area contributed by atoms with Crippen LogP contribution in [0.1, 0.15) is 55.7 Å². The van der Waals surface area contributed by atoms with E-state index in [4.69, 9.17) is 9.47 Å². The summed E-state index contributed by atoms with van der Waals surface area (Å²) < 4.78 is 11.2. The summed E-state index contributed by atoms with van der Waals surface area (Å²) in [7, 11) is 1.24. The fourth-order valence-electron chi connectivity index (χ4n) is 7.65. The fourth-order valence-corrected chi connectivity index (χ4v) is 7.65. The normalized spacial score (nSPS) is 22.2. The van der Waals surface area contributed by atoms with Gasteiger partial charge < -0.3 is 24.8 Å². The fraction of sp³-hybridized carbons (Fsp3) is 0.405. The third kappa shape index (κ3) is 7.11. The number of nitrogens with one attached hydrogen (secondary N) is 1. The van der Waals surface area contributed by atoms with Crippen molar-refractivity contribution in [1.29, 1.82) is 0 Å². The van der Waals surface area contributed by atoms with Crippen molar-refractivity contribution in [2.24, 2.45) is 5.41 Å². The number of piperidine rings is 1. The van der Waals surface area contributed by atoms with Crippen LogP contribution in [0.3, 0.4) is 0 Å². The molecule has 2 aliphatic heterocycles. The third-order valence-electron chi connectivity index (χ3n) is 10.2. The number of hydrogen-bond acceptors (Lipinski definition) is 8. The number of nitro groups is 1. The Labute approximate surface area is 287 Å². The number of carboxylic acids is 1. The van der Waals surface area contributed by atoms with E-state index in [2.05, 4.69) is 58.7 Å². The van der Waals surface area contributed by atoms with Crippen LogP contribution in [0.2, 0.25) is 0 Å². The molecule has 3 atom stereocenters. The largest absolute Gasteiger partial charge is 0.481 e. The van der Waals surface area contributed by atoms with Crippen molar-refractivity contribution < 1.29 is 29.1 Å². The Bertz CT molecular complexity index is 1570. The molecule has 0 radical (unpaired) electrons. The van der Waals surface area contributed by atoms with Crippen LogP contribution in [0.15, 0.2) is 96.2 Å². The monoisotopic (exact) mass is 677 g/mol. The van der Waals surface area contributed by atoms with Gasteiger partial charge in [0.2, 0.25) is 0 Å². The van der Waals surface area contributed by atoms with Crippen molar-refractivity contribution in [2.45, 2.75) is 50.5 Å². The van der Waals surface area contributed by atoms with Crippen LogP contribution >= 0.6 is 12.4 Å². The molecule has 48 heavy (non-hydrogen) atoms. The summed E-state index contributed by atoms with van der Waals surface area (Å²) >= 11 is 0. The number of likely N-dealkylation sites (tertiary alicyclic amines) is 1. The van der Waals surface area contributed by atoms with E-state index in [9.17, 15) is 24.8 Å². The Kier molecular flexibility index (Phi) is 12.0. The summed E-state index contributed by atoms with van der Waals surface area (Å²) in [5, 5.41) is 25.6. The number of ether oxygens (including phenoxy) is 2. The number of carboxylic acid groups (broad SMARTS) is 1. The van der Waals surface area contributed by atoms with Crippen molar-refractivity contribution in [1.82, 2.24) is 10.2 Å². The molecule has 1 saturated heterocycles. The second-order valence-electron chi connectivity index (χ2n) is 12.5. The molecule has 0 bridgehead atoms. The number of nitro benzene ring substituents is 1. The molecular formula is C37H44ClN3O7. The zero-order chi connectivity index (χ0) is 33.6. The highest BCUT2D eigenvalue weighted by atomic mass is 35.5. The van der Waals surface area contributed by atoms with Crippen LogP contribution in [0.4, 0.5) is 5.69 Å². The Hall–Kier alpha value is -4.25. The smallest absolute Gasteiger partial charge is 0.336 e. The average Bonchev–Trinajstić information content (AvgIpc) is 3.09. The number of rotatable bonds is 12. The lowest BCUT2D eigenvalue weighted by atomic mass is 9.60. The topological polar surface area (TPSA) is 131 Å². The summed E-state index contributed by atoms with van der Waals surface area (Å²) in [5.74, 6) is -2.81. The highest BCUT2D eigenvalue weighted by molar-refractivity contribution is 5.94. The zero-order valence-corrected chi connectivity index (χ0v) is 28.4. The van der Waals surface area contributed by atoms with Gasteiger partial charge in [-0.3, -0.25) is 14.9 Å². The second-order valence-corrected chi connectivity index (χ2v) is 12.5. The van der Waals surface area contributed by atoms with Gasteiger partial charge in [-0.15, -0.1) is 12.4 Å². The van der Waals surface area contributed by atoms with E-state index >= 15 is 0 Å².